The minimum atomic E-state index is -1.12. The molecule has 0 spiro atoms. The van der Waals surface area contributed by atoms with Crippen LogP contribution in [0.5, 0.6) is 0 Å². The van der Waals surface area contributed by atoms with Gasteiger partial charge in [-0.2, -0.15) is 0 Å². The van der Waals surface area contributed by atoms with Crippen LogP contribution < -0.4 is 5.32 Å². The van der Waals surface area contributed by atoms with Gasteiger partial charge in [0.2, 0.25) is 0 Å². The molecular formula is C17H19NO3. The third kappa shape index (κ3) is 4.93. The van der Waals surface area contributed by atoms with Crippen LogP contribution in [0.1, 0.15) is 11.1 Å². The number of amides is 1. The molecule has 4 heteroatoms. The van der Waals surface area contributed by atoms with Crippen molar-refractivity contribution in [1.29, 1.82) is 0 Å². The summed E-state index contributed by atoms with van der Waals surface area (Å²) in [6, 6.07) is 18.6. The molecule has 3 N–H and O–H groups in total. The lowest BCUT2D eigenvalue weighted by molar-refractivity contribution is 0.119. The van der Waals surface area contributed by atoms with Gasteiger partial charge in [-0.1, -0.05) is 60.7 Å². The zero-order chi connectivity index (χ0) is 15.1. The van der Waals surface area contributed by atoms with Crippen molar-refractivity contribution < 1.29 is 15.0 Å². The van der Waals surface area contributed by atoms with Gasteiger partial charge in [-0.25, -0.2) is 4.79 Å². The highest BCUT2D eigenvalue weighted by atomic mass is 16.4. The molecule has 0 aliphatic carbocycles. The van der Waals surface area contributed by atoms with Crippen LogP contribution in [-0.4, -0.2) is 28.5 Å². The van der Waals surface area contributed by atoms with E-state index in [1.165, 1.54) is 0 Å². The van der Waals surface area contributed by atoms with Gasteiger partial charge in [-0.3, -0.25) is 0 Å². The number of carboxylic acid groups (broad SMARTS) is 1. The second-order valence-electron chi connectivity index (χ2n) is 5.00. The Morgan fingerprint density at radius 2 is 1.38 bits per heavy atom. The number of aliphatic hydroxyl groups is 1. The smallest absolute Gasteiger partial charge is 0.404 e. The predicted molar refractivity (Wildman–Crippen MR) is 81.2 cm³/mol. The highest BCUT2D eigenvalue weighted by molar-refractivity contribution is 5.65. The van der Waals surface area contributed by atoms with E-state index >= 15 is 0 Å². The van der Waals surface area contributed by atoms with Crippen LogP contribution in [-0.2, 0) is 12.8 Å². The van der Waals surface area contributed by atoms with E-state index in [1.807, 2.05) is 60.7 Å². The van der Waals surface area contributed by atoms with Crippen LogP contribution in [0.4, 0.5) is 4.79 Å². The largest absolute Gasteiger partial charge is 0.465 e. The van der Waals surface area contributed by atoms with Crippen molar-refractivity contribution in [2.75, 3.05) is 0 Å². The van der Waals surface area contributed by atoms with E-state index in [0.717, 1.165) is 11.1 Å². The molecule has 0 aliphatic rings. The Labute approximate surface area is 124 Å². The molecule has 110 valence electrons. The lowest BCUT2D eigenvalue weighted by atomic mass is 9.96. The maximum Gasteiger partial charge on any atom is 0.404 e. The van der Waals surface area contributed by atoms with Gasteiger partial charge >= 0.3 is 6.09 Å². The second-order valence-corrected chi connectivity index (χ2v) is 5.00. The minimum Gasteiger partial charge on any atom is -0.465 e. The van der Waals surface area contributed by atoms with E-state index in [9.17, 15) is 9.90 Å². The first kappa shape index (κ1) is 15.1. The third-order valence-corrected chi connectivity index (χ3v) is 3.36. The molecule has 1 unspecified atom stereocenters. The Morgan fingerprint density at radius 1 is 0.905 bits per heavy atom. The summed E-state index contributed by atoms with van der Waals surface area (Å²) in [5.41, 5.74) is 1.97. The van der Waals surface area contributed by atoms with E-state index in [1.54, 1.807) is 0 Å². The average molecular weight is 285 g/mol. The molecule has 4 nitrogen and oxygen atoms in total. The van der Waals surface area contributed by atoms with Gasteiger partial charge in [0.15, 0.2) is 0 Å². The maximum atomic E-state index is 10.9. The summed E-state index contributed by atoms with van der Waals surface area (Å²) in [5, 5.41) is 21.7. The number of nitrogens with one attached hydrogen (secondary N) is 1. The summed E-state index contributed by atoms with van der Waals surface area (Å²) < 4.78 is 0. The highest BCUT2D eigenvalue weighted by Crippen LogP contribution is 2.11. The quantitative estimate of drug-likeness (QED) is 0.763. The molecule has 2 aromatic rings. The average Bonchev–Trinajstić information content (AvgIpc) is 2.48. The molecule has 0 saturated carbocycles. The fourth-order valence-corrected chi connectivity index (χ4v) is 2.31. The second kappa shape index (κ2) is 7.45. The monoisotopic (exact) mass is 285 g/mol. The van der Waals surface area contributed by atoms with Gasteiger partial charge in [-0.05, 0) is 17.5 Å². The van der Waals surface area contributed by atoms with E-state index in [-0.39, 0.29) is 0 Å². The molecule has 0 fully saturated rings. The van der Waals surface area contributed by atoms with Crippen LogP contribution in [0.15, 0.2) is 60.7 Å². The lowest BCUT2D eigenvalue weighted by Crippen LogP contribution is -2.45. The zero-order valence-electron chi connectivity index (χ0n) is 11.6. The summed E-state index contributed by atoms with van der Waals surface area (Å²) in [5.74, 6) is 0. The van der Waals surface area contributed by atoms with Gasteiger partial charge < -0.3 is 15.5 Å². The van der Waals surface area contributed by atoms with E-state index in [4.69, 9.17) is 5.11 Å². The number of hydrogen-bond donors (Lipinski definition) is 3. The Balaban J connectivity index is 2.06. The van der Waals surface area contributed by atoms with Crippen LogP contribution in [0.25, 0.3) is 0 Å². The molecule has 0 bridgehead atoms. The molecule has 2 aromatic carbocycles. The van der Waals surface area contributed by atoms with Crippen LogP contribution in [0, 0.1) is 0 Å². The zero-order valence-corrected chi connectivity index (χ0v) is 11.6. The van der Waals surface area contributed by atoms with Crippen molar-refractivity contribution in [2.45, 2.75) is 25.0 Å². The molecule has 0 radical (unpaired) electrons. The molecule has 0 aliphatic heterocycles. The normalized spacial score (nSPS) is 13.4. The minimum absolute atomic E-state index is 0.415. The lowest BCUT2D eigenvalue weighted by Gasteiger charge is -2.23. The van der Waals surface area contributed by atoms with Crippen molar-refractivity contribution in [3.05, 3.63) is 71.8 Å². The molecule has 0 saturated heterocycles. The van der Waals surface area contributed by atoms with Crippen molar-refractivity contribution in [3.8, 4) is 0 Å². The highest BCUT2D eigenvalue weighted by Gasteiger charge is 2.21. The van der Waals surface area contributed by atoms with Gasteiger partial charge in [0.05, 0.1) is 12.1 Å². The fraction of sp³-hybridized carbons (Fsp3) is 0.235. The van der Waals surface area contributed by atoms with Gasteiger partial charge in [-0.15, -0.1) is 0 Å². The van der Waals surface area contributed by atoms with E-state index in [2.05, 4.69) is 5.32 Å². The molecule has 2 rings (SSSR count). The first-order valence-corrected chi connectivity index (χ1v) is 6.90. The van der Waals surface area contributed by atoms with E-state index < -0.39 is 18.2 Å². The maximum absolute atomic E-state index is 10.9. The number of carbonyl (C=O) groups is 1. The third-order valence-electron chi connectivity index (χ3n) is 3.36. The molecule has 21 heavy (non-hydrogen) atoms. The summed E-state index contributed by atoms with van der Waals surface area (Å²) >= 11 is 0. The van der Waals surface area contributed by atoms with E-state index in [0.29, 0.717) is 12.8 Å². The topological polar surface area (TPSA) is 69.6 Å². The summed E-state index contributed by atoms with van der Waals surface area (Å²) in [6.45, 7) is 0. The van der Waals surface area contributed by atoms with Gasteiger partial charge in [0.25, 0.3) is 0 Å². The standard InChI is InChI=1S/C17H19NO3/c19-16(12-14-9-5-2-6-10-14)15(18-17(20)21)11-13-7-3-1-4-8-13/h1-10,15-16,18-19H,11-12H2,(H,20,21)/t15-,16?/m1/s1. The summed E-state index contributed by atoms with van der Waals surface area (Å²) in [6.07, 6.45) is -1.02. The number of benzene rings is 2. The van der Waals surface area contributed by atoms with Gasteiger partial charge in [0.1, 0.15) is 0 Å². The fourth-order valence-electron chi connectivity index (χ4n) is 2.31. The molecule has 2 atom stereocenters. The van der Waals surface area contributed by atoms with Crippen molar-refractivity contribution in [2.24, 2.45) is 0 Å². The SMILES string of the molecule is O=C(O)N[C@H](Cc1ccccc1)C(O)Cc1ccccc1. The van der Waals surface area contributed by atoms with Gasteiger partial charge in [0, 0.05) is 6.42 Å². The first-order chi connectivity index (χ1) is 10.1. The molecule has 0 heterocycles. The Kier molecular flexibility index (Phi) is 5.35. The van der Waals surface area contributed by atoms with Crippen LogP contribution in [0.2, 0.25) is 0 Å². The Hall–Kier alpha value is -2.33. The molecular weight excluding hydrogens is 266 g/mol. The Morgan fingerprint density at radius 3 is 1.86 bits per heavy atom. The number of rotatable bonds is 6. The van der Waals surface area contributed by atoms with Crippen molar-refractivity contribution in [3.63, 3.8) is 0 Å². The molecule has 1 amide bonds. The predicted octanol–water partition coefficient (Wildman–Crippen LogP) is 2.47. The van der Waals surface area contributed by atoms with Crippen molar-refractivity contribution in [1.82, 2.24) is 5.32 Å². The Bertz CT molecular complexity index is 557. The van der Waals surface area contributed by atoms with Crippen molar-refractivity contribution >= 4 is 6.09 Å². The van der Waals surface area contributed by atoms with Crippen LogP contribution in [0.3, 0.4) is 0 Å². The summed E-state index contributed by atoms with van der Waals surface area (Å²) in [4.78, 5) is 10.9. The van der Waals surface area contributed by atoms with Crippen LogP contribution >= 0.6 is 0 Å². The first-order valence-electron chi connectivity index (χ1n) is 6.90. The molecule has 0 aromatic heterocycles. The number of hydrogen-bond acceptors (Lipinski definition) is 2. The summed E-state index contributed by atoms with van der Waals surface area (Å²) in [7, 11) is 0. The number of aliphatic hydroxyl groups excluding tert-OH is 1.